The summed E-state index contributed by atoms with van der Waals surface area (Å²) in [5, 5.41) is 15.4. The molecule has 0 fully saturated rings. The zero-order valence-corrected chi connectivity index (χ0v) is 13.9. The van der Waals surface area contributed by atoms with Gasteiger partial charge in [-0.05, 0) is 0 Å². The van der Waals surface area contributed by atoms with E-state index in [0.29, 0.717) is 0 Å². The molecule has 0 aliphatic carbocycles. The van der Waals surface area contributed by atoms with Gasteiger partial charge in [-0.3, -0.25) is 0 Å². The van der Waals surface area contributed by atoms with Crippen molar-refractivity contribution in [2.75, 3.05) is 0 Å². The van der Waals surface area contributed by atoms with Crippen molar-refractivity contribution in [1.82, 2.24) is 0 Å². The fourth-order valence-corrected chi connectivity index (χ4v) is 2.13. The predicted octanol–water partition coefficient (Wildman–Crippen LogP) is 3.62. The quantitative estimate of drug-likeness (QED) is 0.379. The molecule has 0 aromatic carbocycles. The molecule has 3 nitrogen and oxygen atoms in total. The van der Waals surface area contributed by atoms with Crippen LogP contribution in [-0.2, 0) is 4.57 Å². The molecule has 0 amide bonds. The first-order valence-electron chi connectivity index (χ1n) is 8.62. The van der Waals surface area contributed by atoms with Crippen LogP contribution in [0.1, 0.15) is 97.3 Å². The molecule has 0 bridgehead atoms. The minimum absolute atomic E-state index is 0.406. The molecule has 0 saturated carbocycles. The van der Waals surface area contributed by atoms with Crippen LogP contribution in [0.25, 0.3) is 0 Å². The van der Waals surface area contributed by atoms with Crippen molar-refractivity contribution < 1.29 is 14.6 Å². The Morgan fingerprint density at radius 2 is 0.800 bits per heavy atom. The Bertz CT molecular complexity index is 135. The molecule has 2 N–H and O–H groups in total. The van der Waals surface area contributed by atoms with Gasteiger partial charge in [0.05, 0.1) is 0 Å². The maximum absolute atomic E-state index is 7.68. The van der Waals surface area contributed by atoms with Crippen LogP contribution in [0.2, 0.25) is 0 Å². The van der Waals surface area contributed by atoms with Gasteiger partial charge in [-0.15, -0.1) is 0 Å². The molecule has 0 unspecified atom stereocenters. The van der Waals surface area contributed by atoms with Gasteiger partial charge in [0.25, 0.3) is 0 Å². The topological polar surface area (TPSA) is 49.7 Å². The lowest BCUT2D eigenvalue weighted by atomic mass is 10.1. The normalized spacial score (nSPS) is 9.80. The fraction of sp³-hybridized carbons (Fsp3) is 1.00. The van der Waals surface area contributed by atoms with Crippen molar-refractivity contribution >= 4 is 15.4 Å². The summed E-state index contributed by atoms with van der Waals surface area (Å²) in [5.41, 5.74) is 0. The van der Waals surface area contributed by atoms with Gasteiger partial charge < -0.3 is 14.6 Å². The second-order valence-corrected chi connectivity index (χ2v) is 5.35. The second kappa shape index (κ2) is 24.1. The second-order valence-electron chi connectivity index (χ2n) is 5.35. The van der Waals surface area contributed by atoms with E-state index >= 15 is 0 Å². The lowest BCUT2D eigenvalue weighted by Crippen LogP contribution is -2.00. The summed E-state index contributed by atoms with van der Waals surface area (Å²) in [6.45, 7) is 4.58. The minimum Gasteiger partial charge on any atom is -0.457 e. The number of hydrogen-bond donors (Lipinski definition) is 2. The van der Waals surface area contributed by atoms with Gasteiger partial charge in [0.2, 0.25) is 0 Å². The molecule has 120 valence electrons. The average molecular weight is 286 g/mol. The summed E-state index contributed by atoms with van der Waals surface area (Å²) in [7, 11) is -0.812. The zero-order chi connectivity index (χ0) is 15.3. The van der Waals surface area contributed by atoms with Crippen LogP contribution < -0.4 is 0 Å². The SMILES string of the molecule is CCCCCCCCCCCCCCC.OBOBO. The maximum atomic E-state index is 7.68. The van der Waals surface area contributed by atoms with Gasteiger partial charge in [0, 0.05) is 0 Å². The molecule has 0 atom stereocenters. The largest absolute Gasteiger partial charge is 0.457 e. The summed E-state index contributed by atoms with van der Waals surface area (Å²) in [4.78, 5) is 0. The molecule has 0 heterocycles. The van der Waals surface area contributed by atoms with E-state index in [4.69, 9.17) is 10.0 Å². The Kier molecular flexibility index (Phi) is 26.8. The van der Waals surface area contributed by atoms with Gasteiger partial charge in [-0.2, -0.15) is 0 Å². The highest BCUT2D eigenvalue weighted by molar-refractivity contribution is 6.32. The van der Waals surface area contributed by atoms with Crippen LogP contribution >= 0.6 is 0 Å². The van der Waals surface area contributed by atoms with Crippen molar-refractivity contribution in [2.45, 2.75) is 97.3 Å². The van der Waals surface area contributed by atoms with E-state index in [-0.39, 0.29) is 0 Å². The van der Waals surface area contributed by atoms with Crippen molar-refractivity contribution in [3.05, 3.63) is 0 Å². The van der Waals surface area contributed by atoms with Crippen LogP contribution in [0.3, 0.4) is 0 Å². The molecule has 5 heteroatoms. The predicted molar refractivity (Wildman–Crippen MR) is 91.2 cm³/mol. The number of rotatable bonds is 14. The Morgan fingerprint density at radius 1 is 0.550 bits per heavy atom. The molecule has 0 spiro atoms. The van der Waals surface area contributed by atoms with E-state index in [1.165, 1.54) is 83.5 Å². The molecule has 0 saturated heterocycles. The van der Waals surface area contributed by atoms with Crippen LogP contribution in [0.15, 0.2) is 0 Å². The lowest BCUT2D eigenvalue weighted by Gasteiger charge is -2.01. The van der Waals surface area contributed by atoms with E-state index in [9.17, 15) is 0 Å². The summed E-state index contributed by atoms with van der Waals surface area (Å²) in [6.07, 6.45) is 18.9. The number of hydrogen-bond acceptors (Lipinski definition) is 3. The molecular weight excluding hydrogens is 250 g/mol. The molecule has 0 rings (SSSR count). The maximum Gasteiger partial charge on any atom is 0.421 e. The van der Waals surface area contributed by atoms with Crippen LogP contribution in [0, 0.1) is 0 Å². The Balaban J connectivity index is 0. The zero-order valence-electron chi connectivity index (χ0n) is 13.9. The molecule has 0 aliphatic rings. The molecule has 0 radical (unpaired) electrons. The monoisotopic (exact) mass is 286 g/mol. The molecule has 0 aromatic rings. The average Bonchev–Trinajstić information content (AvgIpc) is 2.46. The van der Waals surface area contributed by atoms with Gasteiger partial charge in [-0.25, -0.2) is 0 Å². The number of unbranched alkanes of at least 4 members (excludes halogenated alkanes) is 12. The van der Waals surface area contributed by atoms with Crippen molar-refractivity contribution in [3.8, 4) is 0 Å². The van der Waals surface area contributed by atoms with Gasteiger partial charge >= 0.3 is 15.4 Å². The van der Waals surface area contributed by atoms with E-state index in [0.717, 1.165) is 0 Å². The van der Waals surface area contributed by atoms with E-state index in [1.807, 2.05) is 0 Å². The summed E-state index contributed by atoms with van der Waals surface area (Å²) in [6, 6.07) is 0. The first-order valence-corrected chi connectivity index (χ1v) is 8.62. The first kappa shape index (κ1) is 22.3. The fourth-order valence-electron chi connectivity index (χ4n) is 2.13. The third kappa shape index (κ3) is 26.5. The van der Waals surface area contributed by atoms with Crippen molar-refractivity contribution in [2.24, 2.45) is 0 Å². The molecule has 0 aromatic heterocycles. The standard InChI is InChI=1S/C15H32.B2H4O3/c1-3-5-7-9-11-13-15-14-12-10-8-6-4-2;3-1-5-2-4/h3-15H2,1-2H3;1-4H. The third-order valence-electron chi connectivity index (χ3n) is 3.39. The van der Waals surface area contributed by atoms with Crippen molar-refractivity contribution in [1.29, 1.82) is 0 Å². The minimum atomic E-state index is -0.406. The molecule has 0 aliphatic heterocycles. The smallest absolute Gasteiger partial charge is 0.421 e. The van der Waals surface area contributed by atoms with Gasteiger partial charge in [0.1, 0.15) is 0 Å². The molecular formula is C15H36B2O3. The van der Waals surface area contributed by atoms with Crippen LogP contribution in [-0.4, -0.2) is 25.4 Å². The Hall–Kier alpha value is 0.00987. The summed E-state index contributed by atoms with van der Waals surface area (Å²) >= 11 is 0. The Labute approximate surface area is 128 Å². The molecule has 20 heavy (non-hydrogen) atoms. The Morgan fingerprint density at radius 3 is 0.950 bits per heavy atom. The summed E-state index contributed by atoms with van der Waals surface area (Å²) in [5.74, 6) is 0. The third-order valence-corrected chi connectivity index (χ3v) is 3.39. The first-order chi connectivity index (χ1) is 9.83. The van der Waals surface area contributed by atoms with Gasteiger partial charge in [-0.1, -0.05) is 97.3 Å². The van der Waals surface area contributed by atoms with Crippen LogP contribution in [0.4, 0.5) is 0 Å². The lowest BCUT2D eigenvalue weighted by molar-refractivity contribution is 0.408. The summed E-state index contributed by atoms with van der Waals surface area (Å²) < 4.78 is 3.94. The van der Waals surface area contributed by atoms with E-state index < -0.39 is 15.4 Å². The highest BCUT2D eigenvalue weighted by Gasteiger charge is 1.92. The van der Waals surface area contributed by atoms with Crippen LogP contribution in [0.5, 0.6) is 0 Å². The highest BCUT2D eigenvalue weighted by atomic mass is 16.5. The van der Waals surface area contributed by atoms with E-state index in [1.54, 1.807) is 0 Å². The van der Waals surface area contributed by atoms with Crippen molar-refractivity contribution in [3.63, 3.8) is 0 Å². The van der Waals surface area contributed by atoms with E-state index in [2.05, 4.69) is 18.4 Å². The highest BCUT2D eigenvalue weighted by Crippen LogP contribution is 2.12. The van der Waals surface area contributed by atoms with Gasteiger partial charge in [0.15, 0.2) is 0 Å².